The van der Waals surface area contributed by atoms with Crippen molar-refractivity contribution in [3.8, 4) is 55.6 Å². The van der Waals surface area contributed by atoms with Gasteiger partial charge in [0.15, 0.2) is 0 Å². The van der Waals surface area contributed by atoms with Gasteiger partial charge >= 0.3 is 0 Å². The number of benzene rings is 9. The van der Waals surface area contributed by atoms with E-state index in [1.165, 1.54) is 110 Å². The van der Waals surface area contributed by atoms with Crippen LogP contribution < -0.4 is 0 Å². The van der Waals surface area contributed by atoms with Crippen LogP contribution in [0.25, 0.3) is 88.0 Å². The standard InChI is InChI=1S/C54H40/c1-53(2)47-23-12-11-18-39(47)45-31-46-44-30-36(26-27-48(44)54(3,4)50(46)32-49(45)53)35-16-13-17-37(29-35)51-40-19-7-9-21-42(40)52(43-22-10-8-20-41(43)51)38-25-24-33-14-5-6-15-34(33)28-38/h5-32H,1-4H3. The van der Waals surface area contributed by atoms with Gasteiger partial charge in [-0.1, -0.05) is 173 Å². The molecule has 54 heavy (non-hydrogen) atoms. The van der Waals surface area contributed by atoms with Crippen LogP contribution in [0.3, 0.4) is 0 Å². The molecule has 0 spiro atoms. The molecule has 0 fully saturated rings. The lowest BCUT2D eigenvalue weighted by molar-refractivity contribution is 0.639. The minimum atomic E-state index is -0.0739. The molecule has 0 heteroatoms. The molecule has 11 rings (SSSR count). The summed E-state index contributed by atoms with van der Waals surface area (Å²) in [6.07, 6.45) is 0. The van der Waals surface area contributed by atoms with Crippen molar-refractivity contribution in [3.05, 3.63) is 192 Å². The summed E-state index contributed by atoms with van der Waals surface area (Å²) >= 11 is 0. The van der Waals surface area contributed by atoms with Crippen LogP contribution in [0.2, 0.25) is 0 Å². The number of hydrogen-bond acceptors (Lipinski definition) is 0. The average Bonchev–Trinajstić information content (AvgIpc) is 3.57. The molecule has 256 valence electrons. The SMILES string of the molecule is CC1(C)c2ccccc2-c2cc3c(cc21)C(C)(C)c1ccc(-c2cccc(-c4c5ccccc5c(-c5ccc6ccccc6c5)c5ccccc45)c2)cc1-3. The van der Waals surface area contributed by atoms with E-state index in [1.54, 1.807) is 0 Å². The summed E-state index contributed by atoms with van der Waals surface area (Å²) in [6, 6.07) is 63.9. The van der Waals surface area contributed by atoms with Crippen molar-refractivity contribution in [2.24, 2.45) is 0 Å². The number of rotatable bonds is 3. The first-order chi connectivity index (χ1) is 26.3. The molecule has 0 bridgehead atoms. The minimum absolute atomic E-state index is 0.0145. The molecule has 0 unspecified atom stereocenters. The van der Waals surface area contributed by atoms with Crippen molar-refractivity contribution in [3.63, 3.8) is 0 Å². The van der Waals surface area contributed by atoms with Gasteiger partial charge in [-0.25, -0.2) is 0 Å². The smallest absolute Gasteiger partial charge is 0.0158 e. The van der Waals surface area contributed by atoms with E-state index in [-0.39, 0.29) is 10.8 Å². The molecular weight excluding hydrogens is 649 g/mol. The Hall–Kier alpha value is -6.24. The zero-order valence-corrected chi connectivity index (χ0v) is 31.2. The molecule has 9 aromatic rings. The first-order valence-corrected chi connectivity index (χ1v) is 19.3. The van der Waals surface area contributed by atoms with Gasteiger partial charge in [0.2, 0.25) is 0 Å². The summed E-state index contributed by atoms with van der Waals surface area (Å²) in [5.74, 6) is 0. The van der Waals surface area contributed by atoms with E-state index in [1.807, 2.05) is 0 Å². The van der Waals surface area contributed by atoms with Crippen LogP contribution in [0.15, 0.2) is 170 Å². The highest BCUT2D eigenvalue weighted by molar-refractivity contribution is 6.21. The minimum Gasteiger partial charge on any atom is -0.0619 e. The number of hydrogen-bond donors (Lipinski definition) is 0. The Balaban J connectivity index is 1.08. The van der Waals surface area contributed by atoms with Crippen molar-refractivity contribution >= 4 is 32.3 Å². The van der Waals surface area contributed by atoms with Gasteiger partial charge in [-0.05, 0) is 134 Å². The molecule has 0 radical (unpaired) electrons. The van der Waals surface area contributed by atoms with Crippen molar-refractivity contribution in [1.29, 1.82) is 0 Å². The Bertz CT molecular complexity index is 2990. The quantitative estimate of drug-likeness (QED) is 0.162. The molecular formula is C54H40. The summed E-state index contributed by atoms with van der Waals surface area (Å²) in [5, 5.41) is 7.64. The normalized spacial score (nSPS) is 14.6. The molecule has 0 amide bonds. The highest BCUT2D eigenvalue weighted by Crippen LogP contribution is 2.56. The van der Waals surface area contributed by atoms with Crippen LogP contribution in [0.1, 0.15) is 49.9 Å². The van der Waals surface area contributed by atoms with E-state index < -0.39 is 0 Å². The maximum atomic E-state index is 2.53. The summed E-state index contributed by atoms with van der Waals surface area (Å²) < 4.78 is 0. The maximum Gasteiger partial charge on any atom is 0.0158 e. The second-order valence-electron chi connectivity index (χ2n) is 16.5. The summed E-state index contributed by atoms with van der Waals surface area (Å²) in [7, 11) is 0. The Kier molecular flexibility index (Phi) is 6.46. The van der Waals surface area contributed by atoms with Crippen LogP contribution in [0.5, 0.6) is 0 Å². The van der Waals surface area contributed by atoms with E-state index >= 15 is 0 Å². The molecule has 0 heterocycles. The second-order valence-corrected chi connectivity index (χ2v) is 16.5. The van der Waals surface area contributed by atoms with Crippen LogP contribution in [-0.4, -0.2) is 0 Å². The lowest BCUT2D eigenvalue weighted by Gasteiger charge is -2.25. The fourth-order valence-corrected chi connectivity index (χ4v) is 10.1. The van der Waals surface area contributed by atoms with E-state index in [0.29, 0.717) is 0 Å². The highest BCUT2D eigenvalue weighted by atomic mass is 14.4. The lowest BCUT2D eigenvalue weighted by Crippen LogP contribution is -2.18. The van der Waals surface area contributed by atoms with E-state index in [2.05, 4.69) is 198 Å². The molecule has 0 saturated carbocycles. The van der Waals surface area contributed by atoms with Gasteiger partial charge in [-0.3, -0.25) is 0 Å². The molecule has 0 N–H and O–H groups in total. The Labute approximate surface area is 317 Å². The molecule has 9 aromatic carbocycles. The molecule has 0 saturated heterocycles. The highest BCUT2D eigenvalue weighted by Gasteiger charge is 2.41. The van der Waals surface area contributed by atoms with E-state index in [9.17, 15) is 0 Å². The maximum absolute atomic E-state index is 2.53. The predicted octanol–water partition coefficient (Wildman–Crippen LogP) is 14.8. The zero-order valence-electron chi connectivity index (χ0n) is 31.2. The summed E-state index contributed by atoms with van der Waals surface area (Å²) in [5.41, 5.74) is 18.7. The molecule has 0 aliphatic heterocycles. The van der Waals surface area contributed by atoms with Gasteiger partial charge in [0, 0.05) is 10.8 Å². The largest absolute Gasteiger partial charge is 0.0619 e. The van der Waals surface area contributed by atoms with Gasteiger partial charge in [-0.15, -0.1) is 0 Å². The van der Waals surface area contributed by atoms with Crippen molar-refractivity contribution in [1.82, 2.24) is 0 Å². The third-order valence-electron chi connectivity index (χ3n) is 12.8. The topological polar surface area (TPSA) is 0 Å². The average molecular weight is 689 g/mol. The predicted molar refractivity (Wildman–Crippen MR) is 230 cm³/mol. The fraction of sp³-hybridized carbons (Fsp3) is 0.111. The molecule has 0 aromatic heterocycles. The second kappa shape index (κ2) is 11.1. The lowest BCUT2D eigenvalue weighted by atomic mass is 9.77. The third-order valence-corrected chi connectivity index (χ3v) is 12.8. The molecule has 0 atom stereocenters. The van der Waals surface area contributed by atoms with Crippen LogP contribution in [-0.2, 0) is 10.8 Å². The van der Waals surface area contributed by atoms with Crippen molar-refractivity contribution < 1.29 is 0 Å². The van der Waals surface area contributed by atoms with Gasteiger partial charge in [0.1, 0.15) is 0 Å². The molecule has 2 aliphatic rings. The Morgan fingerprint density at radius 2 is 0.759 bits per heavy atom. The summed E-state index contributed by atoms with van der Waals surface area (Å²) in [4.78, 5) is 0. The van der Waals surface area contributed by atoms with Gasteiger partial charge in [-0.2, -0.15) is 0 Å². The van der Waals surface area contributed by atoms with Crippen molar-refractivity contribution in [2.75, 3.05) is 0 Å². The Morgan fingerprint density at radius 1 is 0.278 bits per heavy atom. The molecule has 2 aliphatic carbocycles. The van der Waals surface area contributed by atoms with E-state index in [0.717, 1.165) is 0 Å². The van der Waals surface area contributed by atoms with Crippen LogP contribution >= 0.6 is 0 Å². The first kappa shape index (κ1) is 31.3. The van der Waals surface area contributed by atoms with Crippen molar-refractivity contribution in [2.45, 2.75) is 38.5 Å². The van der Waals surface area contributed by atoms with Crippen LogP contribution in [0, 0.1) is 0 Å². The fourth-order valence-electron chi connectivity index (χ4n) is 10.1. The first-order valence-electron chi connectivity index (χ1n) is 19.3. The van der Waals surface area contributed by atoms with Crippen LogP contribution in [0.4, 0.5) is 0 Å². The number of fused-ring (bicyclic) bond motifs is 9. The third kappa shape index (κ3) is 4.32. The molecule has 0 nitrogen and oxygen atoms in total. The van der Waals surface area contributed by atoms with Gasteiger partial charge in [0.05, 0.1) is 0 Å². The monoisotopic (exact) mass is 688 g/mol. The van der Waals surface area contributed by atoms with Gasteiger partial charge < -0.3 is 0 Å². The zero-order chi connectivity index (χ0) is 36.3. The van der Waals surface area contributed by atoms with Gasteiger partial charge in [0.25, 0.3) is 0 Å². The van der Waals surface area contributed by atoms with E-state index in [4.69, 9.17) is 0 Å². The Morgan fingerprint density at radius 3 is 1.44 bits per heavy atom. The summed E-state index contributed by atoms with van der Waals surface area (Å²) in [6.45, 7) is 9.57.